The summed E-state index contributed by atoms with van der Waals surface area (Å²) >= 11 is 0. The van der Waals surface area contributed by atoms with Crippen LogP contribution in [0.5, 0.6) is 0 Å². The Morgan fingerprint density at radius 2 is 2.23 bits per heavy atom. The van der Waals surface area contributed by atoms with Gasteiger partial charge in [-0.1, -0.05) is 19.1 Å². The molecule has 13 heavy (non-hydrogen) atoms. The van der Waals surface area contributed by atoms with E-state index < -0.39 is 0 Å². The molecule has 1 nitrogen and oxygen atoms in total. The van der Waals surface area contributed by atoms with Gasteiger partial charge in [-0.3, -0.25) is 4.99 Å². The van der Waals surface area contributed by atoms with Crippen molar-refractivity contribution < 1.29 is 0 Å². The predicted molar refractivity (Wildman–Crippen MR) is 56.7 cm³/mol. The van der Waals surface area contributed by atoms with E-state index in [1.807, 2.05) is 6.21 Å². The first-order chi connectivity index (χ1) is 6.33. The summed E-state index contributed by atoms with van der Waals surface area (Å²) in [5.74, 6) is 0. The lowest BCUT2D eigenvalue weighted by Gasteiger charge is -2.16. The summed E-state index contributed by atoms with van der Waals surface area (Å²) in [6.07, 6.45) is 4.27. The van der Waals surface area contributed by atoms with E-state index in [2.05, 4.69) is 31.0 Å². The highest BCUT2D eigenvalue weighted by molar-refractivity contribution is 5.83. The number of nitrogens with zero attached hydrogens (tertiary/aromatic N) is 1. The summed E-state index contributed by atoms with van der Waals surface area (Å²) in [6, 6.07) is 4.39. The molecule has 68 valence electrons. The Labute approximate surface area is 79.5 Å². The van der Waals surface area contributed by atoms with Crippen LogP contribution in [0.3, 0.4) is 0 Å². The third kappa shape index (κ3) is 1.39. The van der Waals surface area contributed by atoms with E-state index in [9.17, 15) is 0 Å². The van der Waals surface area contributed by atoms with Crippen molar-refractivity contribution in [3.05, 3.63) is 34.4 Å². The molecule has 1 aromatic carbocycles. The second-order valence-electron chi connectivity index (χ2n) is 3.57. The zero-order valence-corrected chi connectivity index (χ0v) is 8.30. The van der Waals surface area contributed by atoms with Gasteiger partial charge in [0.15, 0.2) is 0 Å². The standard InChI is InChI=1S/C12H15N/c1-3-11-9(2)4-5-10-8-13-7-6-12(10)11/h4-5,8H,3,6-7H2,1-2H3. The molecule has 0 saturated heterocycles. The second-order valence-corrected chi connectivity index (χ2v) is 3.57. The molecule has 0 aliphatic carbocycles. The lowest BCUT2D eigenvalue weighted by Crippen LogP contribution is -2.07. The van der Waals surface area contributed by atoms with E-state index in [-0.39, 0.29) is 0 Å². The van der Waals surface area contributed by atoms with Gasteiger partial charge in [-0.2, -0.15) is 0 Å². The molecule has 1 aromatic rings. The third-order valence-corrected chi connectivity index (χ3v) is 2.78. The van der Waals surface area contributed by atoms with Crippen LogP contribution in [-0.2, 0) is 12.8 Å². The molecule has 0 N–H and O–H groups in total. The first-order valence-corrected chi connectivity index (χ1v) is 4.94. The van der Waals surface area contributed by atoms with E-state index in [0.29, 0.717) is 0 Å². The highest BCUT2D eigenvalue weighted by Gasteiger charge is 2.10. The molecule has 1 aliphatic rings. The predicted octanol–water partition coefficient (Wildman–Crippen LogP) is 2.53. The van der Waals surface area contributed by atoms with Gasteiger partial charge in [0, 0.05) is 12.8 Å². The van der Waals surface area contributed by atoms with Crippen molar-refractivity contribution in [2.45, 2.75) is 26.7 Å². The molecule has 1 aliphatic heterocycles. The van der Waals surface area contributed by atoms with Gasteiger partial charge in [0.05, 0.1) is 0 Å². The Morgan fingerprint density at radius 1 is 1.38 bits per heavy atom. The molecule has 0 aromatic heterocycles. The fraction of sp³-hybridized carbons (Fsp3) is 0.417. The van der Waals surface area contributed by atoms with E-state index in [1.54, 1.807) is 0 Å². The van der Waals surface area contributed by atoms with E-state index in [4.69, 9.17) is 0 Å². The molecule has 0 unspecified atom stereocenters. The number of hydrogen-bond donors (Lipinski definition) is 0. The summed E-state index contributed by atoms with van der Waals surface area (Å²) in [6.45, 7) is 5.39. The zero-order valence-electron chi connectivity index (χ0n) is 8.30. The molecule has 1 heterocycles. The van der Waals surface area contributed by atoms with Crippen LogP contribution in [0.15, 0.2) is 17.1 Å². The molecular formula is C12H15N. The summed E-state index contributed by atoms with van der Waals surface area (Å²) in [4.78, 5) is 4.30. The SMILES string of the molecule is CCc1c(C)ccc2c1CCN=C2. The minimum Gasteiger partial charge on any atom is -0.292 e. The van der Waals surface area contributed by atoms with Crippen molar-refractivity contribution in [3.63, 3.8) is 0 Å². The highest BCUT2D eigenvalue weighted by Crippen LogP contribution is 2.21. The van der Waals surface area contributed by atoms with Crippen molar-refractivity contribution in [3.8, 4) is 0 Å². The normalized spacial score (nSPS) is 14.3. The van der Waals surface area contributed by atoms with Crippen LogP contribution in [0.4, 0.5) is 0 Å². The van der Waals surface area contributed by atoms with Gasteiger partial charge >= 0.3 is 0 Å². The van der Waals surface area contributed by atoms with Crippen LogP contribution in [-0.4, -0.2) is 12.8 Å². The van der Waals surface area contributed by atoms with Crippen LogP contribution in [0.1, 0.15) is 29.2 Å². The molecule has 0 saturated carbocycles. The van der Waals surface area contributed by atoms with Crippen molar-refractivity contribution in [2.24, 2.45) is 4.99 Å². The molecular weight excluding hydrogens is 158 g/mol. The van der Waals surface area contributed by atoms with Crippen LogP contribution >= 0.6 is 0 Å². The van der Waals surface area contributed by atoms with Crippen molar-refractivity contribution in [2.75, 3.05) is 6.54 Å². The third-order valence-electron chi connectivity index (χ3n) is 2.78. The Balaban J connectivity index is 2.60. The lowest BCUT2D eigenvalue weighted by molar-refractivity contribution is 0.917. The van der Waals surface area contributed by atoms with Crippen molar-refractivity contribution in [1.29, 1.82) is 0 Å². The van der Waals surface area contributed by atoms with Gasteiger partial charge in [0.25, 0.3) is 0 Å². The number of aryl methyl sites for hydroxylation is 1. The smallest absolute Gasteiger partial charge is 0.0430 e. The summed E-state index contributed by atoms with van der Waals surface area (Å²) in [7, 11) is 0. The molecule has 0 spiro atoms. The molecule has 1 heteroatoms. The minimum atomic E-state index is 0.962. The number of fused-ring (bicyclic) bond motifs is 1. The molecule has 0 fully saturated rings. The van der Waals surface area contributed by atoms with Gasteiger partial charge in [-0.15, -0.1) is 0 Å². The average Bonchev–Trinajstić information content (AvgIpc) is 2.18. The quantitative estimate of drug-likeness (QED) is 0.619. The molecule has 0 amide bonds. The molecule has 0 atom stereocenters. The van der Waals surface area contributed by atoms with Gasteiger partial charge < -0.3 is 0 Å². The number of benzene rings is 1. The molecule has 0 bridgehead atoms. The highest BCUT2D eigenvalue weighted by atomic mass is 14.7. The average molecular weight is 173 g/mol. The first-order valence-electron chi connectivity index (χ1n) is 4.94. The molecule has 0 radical (unpaired) electrons. The number of hydrogen-bond acceptors (Lipinski definition) is 1. The summed E-state index contributed by atoms with van der Waals surface area (Å²) in [5, 5.41) is 0. The fourth-order valence-electron chi connectivity index (χ4n) is 2.08. The largest absolute Gasteiger partial charge is 0.292 e. The van der Waals surface area contributed by atoms with E-state index in [0.717, 1.165) is 19.4 Å². The Morgan fingerprint density at radius 3 is 3.00 bits per heavy atom. The summed E-state index contributed by atoms with van der Waals surface area (Å²) in [5.41, 5.74) is 5.81. The summed E-state index contributed by atoms with van der Waals surface area (Å²) < 4.78 is 0. The maximum absolute atomic E-state index is 4.30. The Kier molecular flexibility index (Phi) is 2.17. The van der Waals surface area contributed by atoms with Crippen LogP contribution in [0, 0.1) is 6.92 Å². The fourth-order valence-corrected chi connectivity index (χ4v) is 2.08. The lowest BCUT2D eigenvalue weighted by atomic mass is 9.92. The van der Waals surface area contributed by atoms with Gasteiger partial charge in [0.1, 0.15) is 0 Å². The monoisotopic (exact) mass is 173 g/mol. The van der Waals surface area contributed by atoms with Gasteiger partial charge in [-0.25, -0.2) is 0 Å². The van der Waals surface area contributed by atoms with Crippen LogP contribution < -0.4 is 0 Å². The van der Waals surface area contributed by atoms with E-state index >= 15 is 0 Å². The topological polar surface area (TPSA) is 12.4 Å². The zero-order chi connectivity index (χ0) is 9.26. The molecule has 2 rings (SSSR count). The van der Waals surface area contributed by atoms with Gasteiger partial charge in [0.2, 0.25) is 0 Å². The van der Waals surface area contributed by atoms with Gasteiger partial charge in [-0.05, 0) is 42.0 Å². The Hall–Kier alpha value is -1.11. The van der Waals surface area contributed by atoms with Crippen LogP contribution in [0.2, 0.25) is 0 Å². The Bertz CT molecular complexity index is 350. The van der Waals surface area contributed by atoms with Crippen molar-refractivity contribution in [1.82, 2.24) is 0 Å². The maximum atomic E-state index is 4.30. The van der Waals surface area contributed by atoms with Crippen molar-refractivity contribution >= 4 is 6.21 Å². The minimum absolute atomic E-state index is 0.962. The maximum Gasteiger partial charge on any atom is 0.0430 e. The number of rotatable bonds is 1. The van der Waals surface area contributed by atoms with Crippen LogP contribution in [0.25, 0.3) is 0 Å². The second kappa shape index (κ2) is 3.33. The number of aliphatic imine (C=N–C) groups is 1. The first kappa shape index (κ1) is 8.49. The van der Waals surface area contributed by atoms with E-state index in [1.165, 1.54) is 22.3 Å².